The summed E-state index contributed by atoms with van der Waals surface area (Å²) in [6, 6.07) is 2.16. The van der Waals surface area contributed by atoms with Gasteiger partial charge in [0.2, 0.25) is 0 Å². The fourth-order valence-electron chi connectivity index (χ4n) is 0.756. The standard InChI is InChI=1S/C7H12N2OS/c1-11-4-2-3-10-9-6-7(9)5-8/h7H,2-4,6H2,1H3. The number of nitrogens with zero attached hydrogens (tertiary/aromatic N) is 2. The van der Waals surface area contributed by atoms with Crippen molar-refractivity contribution >= 4 is 11.8 Å². The van der Waals surface area contributed by atoms with E-state index in [1.807, 2.05) is 11.8 Å². The fraction of sp³-hybridized carbons (Fsp3) is 0.857. The van der Waals surface area contributed by atoms with Crippen LogP contribution in [0.4, 0.5) is 0 Å². The molecule has 0 aromatic carbocycles. The van der Waals surface area contributed by atoms with Crippen molar-refractivity contribution in [3.63, 3.8) is 0 Å². The van der Waals surface area contributed by atoms with Gasteiger partial charge in [-0.05, 0) is 18.4 Å². The second-order valence-electron chi connectivity index (χ2n) is 2.42. The molecular formula is C7H12N2OS. The lowest BCUT2D eigenvalue weighted by Crippen LogP contribution is -2.04. The Morgan fingerprint density at radius 3 is 3.18 bits per heavy atom. The molecule has 1 aliphatic rings. The summed E-state index contributed by atoms with van der Waals surface area (Å²) in [5.41, 5.74) is 0. The van der Waals surface area contributed by atoms with Gasteiger partial charge in [0.05, 0.1) is 19.2 Å². The van der Waals surface area contributed by atoms with Crippen LogP contribution >= 0.6 is 11.8 Å². The number of hydrogen-bond acceptors (Lipinski definition) is 4. The summed E-state index contributed by atoms with van der Waals surface area (Å²) in [4.78, 5) is 5.26. The summed E-state index contributed by atoms with van der Waals surface area (Å²) in [6.45, 7) is 1.54. The highest BCUT2D eigenvalue weighted by atomic mass is 32.2. The first kappa shape index (κ1) is 8.85. The number of nitriles is 1. The van der Waals surface area contributed by atoms with Crippen molar-refractivity contribution in [3.05, 3.63) is 0 Å². The molecule has 0 N–H and O–H groups in total. The average molecular weight is 172 g/mol. The van der Waals surface area contributed by atoms with Crippen LogP contribution in [0.25, 0.3) is 0 Å². The quantitative estimate of drug-likeness (QED) is 0.455. The van der Waals surface area contributed by atoms with Gasteiger partial charge in [0.25, 0.3) is 0 Å². The minimum atomic E-state index is 0.0317. The first-order chi connectivity index (χ1) is 5.38. The highest BCUT2D eigenvalue weighted by Crippen LogP contribution is 2.16. The van der Waals surface area contributed by atoms with E-state index >= 15 is 0 Å². The zero-order valence-electron chi connectivity index (χ0n) is 6.62. The van der Waals surface area contributed by atoms with Gasteiger partial charge in [0.1, 0.15) is 6.04 Å². The molecule has 1 rings (SSSR count). The molecule has 1 saturated heterocycles. The SMILES string of the molecule is CSCCCON1CC1C#N. The molecule has 3 nitrogen and oxygen atoms in total. The smallest absolute Gasteiger partial charge is 0.137 e. The highest BCUT2D eigenvalue weighted by Gasteiger charge is 2.35. The van der Waals surface area contributed by atoms with Gasteiger partial charge < -0.3 is 0 Å². The van der Waals surface area contributed by atoms with Crippen LogP contribution in [0.1, 0.15) is 6.42 Å². The van der Waals surface area contributed by atoms with Crippen LogP contribution in [-0.4, -0.2) is 36.3 Å². The Bertz CT molecular complexity index is 157. The molecule has 2 atom stereocenters. The van der Waals surface area contributed by atoms with Crippen LogP contribution in [0.3, 0.4) is 0 Å². The zero-order chi connectivity index (χ0) is 8.10. The van der Waals surface area contributed by atoms with Crippen molar-refractivity contribution in [3.8, 4) is 6.07 Å². The predicted octanol–water partition coefficient (Wildman–Crippen LogP) is 0.879. The number of thioether (sulfide) groups is 1. The van der Waals surface area contributed by atoms with E-state index in [4.69, 9.17) is 10.1 Å². The van der Waals surface area contributed by atoms with Crippen LogP contribution < -0.4 is 0 Å². The molecule has 1 heterocycles. The highest BCUT2D eigenvalue weighted by molar-refractivity contribution is 7.98. The van der Waals surface area contributed by atoms with E-state index in [9.17, 15) is 0 Å². The van der Waals surface area contributed by atoms with Crippen LogP contribution in [0, 0.1) is 11.3 Å². The number of hydroxylamine groups is 2. The first-order valence-electron chi connectivity index (χ1n) is 3.66. The molecule has 4 heteroatoms. The van der Waals surface area contributed by atoms with Crippen molar-refractivity contribution in [2.75, 3.05) is 25.2 Å². The van der Waals surface area contributed by atoms with E-state index in [0.29, 0.717) is 0 Å². The van der Waals surface area contributed by atoms with Crippen LogP contribution in [-0.2, 0) is 4.84 Å². The Kier molecular flexibility index (Phi) is 3.70. The van der Waals surface area contributed by atoms with Gasteiger partial charge in [-0.1, -0.05) is 0 Å². The second kappa shape index (κ2) is 4.60. The molecule has 1 aliphatic heterocycles. The zero-order valence-corrected chi connectivity index (χ0v) is 7.43. The molecule has 0 amide bonds. The minimum absolute atomic E-state index is 0.0317. The van der Waals surface area contributed by atoms with Crippen molar-refractivity contribution in [1.29, 1.82) is 5.26 Å². The molecule has 0 aromatic heterocycles. The second-order valence-corrected chi connectivity index (χ2v) is 3.41. The number of hydrogen-bond donors (Lipinski definition) is 0. The van der Waals surface area contributed by atoms with E-state index in [-0.39, 0.29) is 6.04 Å². The van der Waals surface area contributed by atoms with E-state index in [1.165, 1.54) is 0 Å². The van der Waals surface area contributed by atoms with Gasteiger partial charge in [0, 0.05) is 0 Å². The Hall–Kier alpha value is -0.240. The molecule has 2 unspecified atom stereocenters. The van der Waals surface area contributed by atoms with Crippen molar-refractivity contribution < 1.29 is 4.84 Å². The van der Waals surface area contributed by atoms with Gasteiger partial charge in [-0.3, -0.25) is 4.84 Å². The Morgan fingerprint density at radius 2 is 2.64 bits per heavy atom. The van der Waals surface area contributed by atoms with E-state index < -0.39 is 0 Å². The Balaban J connectivity index is 1.87. The summed E-state index contributed by atoms with van der Waals surface area (Å²) < 4.78 is 0. The summed E-state index contributed by atoms with van der Waals surface area (Å²) in [5, 5.41) is 10.1. The normalized spacial score (nSPS) is 28.0. The van der Waals surface area contributed by atoms with Gasteiger partial charge in [0.15, 0.2) is 0 Å². The largest absolute Gasteiger partial charge is 0.298 e. The van der Waals surface area contributed by atoms with Crippen LogP contribution in [0.2, 0.25) is 0 Å². The molecule has 1 fully saturated rings. The van der Waals surface area contributed by atoms with Crippen molar-refractivity contribution in [1.82, 2.24) is 5.06 Å². The Labute approximate surface area is 71.3 Å². The third kappa shape index (κ3) is 3.10. The molecule has 0 aliphatic carbocycles. The summed E-state index contributed by atoms with van der Waals surface area (Å²) in [5.74, 6) is 1.13. The van der Waals surface area contributed by atoms with E-state index in [2.05, 4.69) is 12.3 Å². The molecule has 0 radical (unpaired) electrons. The maximum Gasteiger partial charge on any atom is 0.137 e. The summed E-state index contributed by atoms with van der Waals surface area (Å²) in [7, 11) is 0. The molecule has 0 bridgehead atoms. The molecular weight excluding hydrogens is 160 g/mol. The third-order valence-electron chi connectivity index (χ3n) is 1.47. The van der Waals surface area contributed by atoms with E-state index in [0.717, 1.165) is 25.3 Å². The minimum Gasteiger partial charge on any atom is -0.298 e. The average Bonchev–Trinajstić information content (AvgIpc) is 2.77. The molecule has 0 spiro atoms. The first-order valence-corrected chi connectivity index (χ1v) is 5.06. The van der Waals surface area contributed by atoms with Crippen LogP contribution in [0.15, 0.2) is 0 Å². The Morgan fingerprint density at radius 1 is 1.82 bits per heavy atom. The summed E-state index contributed by atoms with van der Waals surface area (Å²) >= 11 is 1.82. The topological polar surface area (TPSA) is 36.0 Å². The lowest BCUT2D eigenvalue weighted by atomic mass is 10.5. The fourth-order valence-corrected chi connectivity index (χ4v) is 1.16. The van der Waals surface area contributed by atoms with Crippen molar-refractivity contribution in [2.45, 2.75) is 12.5 Å². The molecule has 0 aromatic rings. The number of rotatable bonds is 5. The molecule has 0 saturated carbocycles. The molecule has 11 heavy (non-hydrogen) atoms. The maximum absolute atomic E-state index is 8.40. The predicted molar refractivity (Wildman–Crippen MR) is 45.1 cm³/mol. The molecule has 62 valence electrons. The van der Waals surface area contributed by atoms with Crippen molar-refractivity contribution in [2.24, 2.45) is 0 Å². The van der Waals surface area contributed by atoms with Gasteiger partial charge in [-0.15, -0.1) is 0 Å². The maximum atomic E-state index is 8.40. The monoisotopic (exact) mass is 172 g/mol. The van der Waals surface area contributed by atoms with Gasteiger partial charge in [-0.25, -0.2) is 0 Å². The summed E-state index contributed by atoms with van der Waals surface area (Å²) in [6.07, 6.45) is 3.14. The van der Waals surface area contributed by atoms with Crippen LogP contribution in [0.5, 0.6) is 0 Å². The third-order valence-corrected chi connectivity index (χ3v) is 2.16. The van der Waals surface area contributed by atoms with Gasteiger partial charge >= 0.3 is 0 Å². The lowest BCUT2D eigenvalue weighted by Gasteiger charge is -2.00. The van der Waals surface area contributed by atoms with Gasteiger partial charge in [-0.2, -0.15) is 22.1 Å². The lowest BCUT2D eigenvalue weighted by molar-refractivity contribution is -0.0696. The van der Waals surface area contributed by atoms with E-state index in [1.54, 1.807) is 5.06 Å².